The number of rotatable bonds is 3. The van der Waals surface area contributed by atoms with Gasteiger partial charge in [0.1, 0.15) is 0 Å². The minimum absolute atomic E-state index is 0.446. The van der Waals surface area contributed by atoms with Crippen molar-refractivity contribution in [2.75, 3.05) is 0 Å². The molecular weight excluding hydrogens is 212 g/mol. The molecule has 1 N–H and O–H groups in total. The summed E-state index contributed by atoms with van der Waals surface area (Å²) in [5.41, 5.74) is 1.61. The van der Waals surface area contributed by atoms with E-state index in [1.165, 1.54) is 5.56 Å². The van der Waals surface area contributed by atoms with Crippen molar-refractivity contribution >= 4 is 5.97 Å². The van der Waals surface area contributed by atoms with Crippen LogP contribution in [0.4, 0.5) is 0 Å². The van der Waals surface area contributed by atoms with Crippen LogP contribution in [0.1, 0.15) is 56.6 Å². The number of carboxylic acid groups (broad SMARTS) is 1. The van der Waals surface area contributed by atoms with Crippen LogP contribution < -0.4 is 0 Å². The van der Waals surface area contributed by atoms with E-state index in [0.717, 1.165) is 31.2 Å². The van der Waals surface area contributed by atoms with Crippen molar-refractivity contribution < 1.29 is 9.90 Å². The predicted octanol–water partition coefficient (Wildman–Crippen LogP) is 3.71. The van der Waals surface area contributed by atoms with Crippen LogP contribution in [0.2, 0.25) is 0 Å². The maximum Gasteiger partial charge on any atom is 0.314 e. The summed E-state index contributed by atoms with van der Waals surface area (Å²) in [6.07, 6.45) is 3.62. The first kappa shape index (κ1) is 12.2. The predicted molar refractivity (Wildman–Crippen MR) is 68.3 cm³/mol. The van der Waals surface area contributed by atoms with Crippen molar-refractivity contribution in [2.24, 2.45) is 0 Å². The molecule has 1 saturated carbocycles. The van der Waals surface area contributed by atoms with E-state index in [-0.39, 0.29) is 0 Å². The van der Waals surface area contributed by atoms with Gasteiger partial charge in [0.15, 0.2) is 0 Å². The van der Waals surface area contributed by atoms with Crippen LogP contribution in [0.5, 0.6) is 0 Å². The SMILES string of the molecule is CC(C)c1cccc(C2(C(=O)O)CCCC2)c1. The van der Waals surface area contributed by atoms with Gasteiger partial charge in [-0.15, -0.1) is 0 Å². The minimum Gasteiger partial charge on any atom is -0.481 e. The van der Waals surface area contributed by atoms with E-state index in [9.17, 15) is 9.90 Å². The van der Waals surface area contributed by atoms with Gasteiger partial charge < -0.3 is 5.11 Å². The van der Waals surface area contributed by atoms with E-state index in [4.69, 9.17) is 0 Å². The lowest BCUT2D eigenvalue weighted by atomic mass is 9.78. The van der Waals surface area contributed by atoms with Crippen LogP contribution in [0.15, 0.2) is 24.3 Å². The van der Waals surface area contributed by atoms with Gasteiger partial charge in [-0.2, -0.15) is 0 Å². The van der Waals surface area contributed by atoms with Gasteiger partial charge in [0.25, 0.3) is 0 Å². The Hall–Kier alpha value is -1.31. The molecule has 0 heterocycles. The highest BCUT2D eigenvalue weighted by molar-refractivity contribution is 5.81. The Kier molecular flexibility index (Phi) is 3.23. The maximum atomic E-state index is 11.6. The Morgan fingerprint density at radius 2 is 1.94 bits per heavy atom. The Balaban J connectivity index is 2.43. The molecule has 0 aromatic heterocycles. The Bertz CT molecular complexity index is 415. The van der Waals surface area contributed by atoms with E-state index < -0.39 is 11.4 Å². The molecule has 17 heavy (non-hydrogen) atoms. The second-order valence-electron chi connectivity index (χ2n) is 5.37. The van der Waals surface area contributed by atoms with Gasteiger partial charge in [-0.05, 0) is 29.9 Å². The lowest BCUT2D eigenvalue weighted by molar-refractivity contribution is -0.143. The van der Waals surface area contributed by atoms with Gasteiger partial charge in [0.2, 0.25) is 0 Å². The molecule has 0 amide bonds. The van der Waals surface area contributed by atoms with E-state index in [1.54, 1.807) is 0 Å². The summed E-state index contributed by atoms with van der Waals surface area (Å²) in [7, 11) is 0. The lowest BCUT2D eigenvalue weighted by Gasteiger charge is -2.25. The van der Waals surface area contributed by atoms with Gasteiger partial charge in [0.05, 0.1) is 5.41 Å². The minimum atomic E-state index is -0.657. The smallest absolute Gasteiger partial charge is 0.314 e. The summed E-state index contributed by atoms with van der Waals surface area (Å²) in [5, 5.41) is 9.55. The molecule has 0 atom stereocenters. The van der Waals surface area contributed by atoms with Crippen LogP contribution in [0, 0.1) is 0 Å². The first-order chi connectivity index (χ1) is 8.06. The van der Waals surface area contributed by atoms with E-state index in [1.807, 2.05) is 12.1 Å². The number of hydrogen-bond acceptors (Lipinski definition) is 1. The van der Waals surface area contributed by atoms with Crippen molar-refractivity contribution in [2.45, 2.75) is 50.9 Å². The first-order valence-electron chi connectivity index (χ1n) is 6.40. The number of carboxylic acids is 1. The van der Waals surface area contributed by atoms with Crippen molar-refractivity contribution in [3.8, 4) is 0 Å². The first-order valence-corrected chi connectivity index (χ1v) is 6.40. The van der Waals surface area contributed by atoms with Crippen LogP contribution in [-0.4, -0.2) is 11.1 Å². The summed E-state index contributed by atoms with van der Waals surface area (Å²) in [6, 6.07) is 8.14. The summed E-state index contributed by atoms with van der Waals surface area (Å²) in [4.78, 5) is 11.6. The highest BCUT2D eigenvalue weighted by Gasteiger charge is 2.42. The molecule has 0 saturated heterocycles. The van der Waals surface area contributed by atoms with Crippen LogP contribution in [0.3, 0.4) is 0 Å². The van der Waals surface area contributed by atoms with Crippen LogP contribution in [-0.2, 0) is 10.2 Å². The Morgan fingerprint density at radius 3 is 2.47 bits per heavy atom. The molecule has 0 aliphatic heterocycles. The number of carbonyl (C=O) groups is 1. The topological polar surface area (TPSA) is 37.3 Å². The quantitative estimate of drug-likeness (QED) is 0.862. The fraction of sp³-hybridized carbons (Fsp3) is 0.533. The van der Waals surface area contributed by atoms with E-state index >= 15 is 0 Å². The van der Waals surface area contributed by atoms with Crippen LogP contribution in [0.25, 0.3) is 0 Å². The van der Waals surface area contributed by atoms with Gasteiger partial charge in [0, 0.05) is 0 Å². The van der Waals surface area contributed by atoms with Gasteiger partial charge in [-0.3, -0.25) is 4.79 Å². The molecule has 92 valence electrons. The van der Waals surface area contributed by atoms with Crippen molar-refractivity contribution in [1.29, 1.82) is 0 Å². The molecular formula is C15H20O2. The third-order valence-electron chi connectivity index (χ3n) is 3.97. The monoisotopic (exact) mass is 232 g/mol. The molecule has 2 rings (SSSR count). The van der Waals surface area contributed by atoms with Crippen molar-refractivity contribution in [3.63, 3.8) is 0 Å². The summed E-state index contributed by atoms with van der Waals surface area (Å²) in [6.45, 7) is 4.28. The summed E-state index contributed by atoms with van der Waals surface area (Å²) in [5.74, 6) is -0.210. The molecule has 2 heteroatoms. The molecule has 0 spiro atoms. The van der Waals surface area contributed by atoms with Crippen LogP contribution >= 0.6 is 0 Å². The molecule has 1 fully saturated rings. The molecule has 0 bridgehead atoms. The Labute approximate surface area is 103 Å². The maximum absolute atomic E-state index is 11.6. The average Bonchev–Trinajstić information content (AvgIpc) is 2.79. The number of aliphatic carboxylic acids is 1. The standard InChI is InChI=1S/C15H20O2/c1-11(2)12-6-5-7-13(10-12)15(14(16)17)8-3-4-9-15/h5-7,10-11H,3-4,8-9H2,1-2H3,(H,16,17). The van der Waals surface area contributed by atoms with Crippen molar-refractivity contribution in [3.05, 3.63) is 35.4 Å². The zero-order valence-corrected chi connectivity index (χ0v) is 10.6. The highest BCUT2D eigenvalue weighted by atomic mass is 16.4. The Morgan fingerprint density at radius 1 is 1.29 bits per heavy atom. The average molecular weight is 232 g/mol. The fourth-order valence-electron chi connectivity index (χ4n) is 2.80. The third kappa shape index (κ3) is 2.08. The van der Waals surface area contributed by atoms with Gasteiger partial charge >= 0.3 is 5.97 Å². The third-order valence-corrected chi connectivity index (χ3v) is 3.97. The molecule has 1 aromatic carbocycles. The highest BCUT2D eigenvalue weighted by Crippen LogP contribution is 2.41. The lowest BCUT2D eigenvalue weighted by Crippen LogP contribution is -2.32. The summed E-state index contributed by atoms with van der Waals surface area (Å²) >= 11 is 0. The van der Waals surface area contributed by atoms with Gasteiger partial charge in [-0.25, -0.2) is 0 Å². The molecule has 0 radical (unpaired) electrons. The van der Waals surface area contributed by atoms with E-state index in [0.29, 0.717) is 5.92 Å². The van der Waals surface area contributed by atoms with E-state index in [2.05, 4.69) is 26.0 Å². The molecule has 1 aromatic rings. The number of benzene rings is 1. The number of hydrogen-bond donors (Lipinski definition) is 1. The second-order valence-corrected chi connectivity index (χ2v) is 5.37. The summed E-state index contributed by atoms with van der Waals surface area (Å²) < 4.78 is 0. The fourth-order valence-corrected chi connectivity index (χ4v) is 2.80. The molecule has 0 unspecified atom stereocenters. The second kappa shape index (κ2) is 4.52. The zero-order chi connectivity index (χ0) is 12.5. The molecule has 1 aliphatic rings. The molecule has 1 aliphatic carbocycles. The normalized spacial score (nSPS) is 18.5. The largest absolute Gasteiger partial charge is 0.481 e. The van der Waals surface area contributed by atoms with Gasteiger partial charge in [-0.1, -0.05) is 51.0 Å². The zero-order valence-electron chi connectivity index (χ0n) is 10.6. The van der Waals surface area contributed by atoms with Crippen molar-refractivity contribution in [1.82, 2.24) is 0 Å². The molecule has 2 nitrogen and oxygen atoms in total.